The molecule has 26 heavy (non-hydrogen) atoms. The summed E-state index contributed by atoms with van der Waals surface area (Å²) in [6.07, 6.45) is 0. The number of rotatable bonds is 3. The van der Waals surface area contributed by atoms with Crippen molar-refractivity contribution in [3.05, 3.63) is 81.6 Å². The second-order valence-corrected chi connectivity index (χ2v) is 6.79. The molecular weight excluding hydrogens is 346 g/mol. The van der Waals surface area contributed by atoms with Gasteiger partial charge in [-0.1, -0.05) is 36.4 Å². The first kappa shape index (κ1) is 16.2. The Bertz CT molecular complexity index is 1160. The molecule has 0 bridgehead atoms. The van der Waals surface area contributed by atoms with Crippen LogP contribution < -0.4 is 10.9 Å². The predicted octanol–water partition coefficient (Wildman–Crippen LogP) is 4.21. The van der Waals surface area contributed by atoms with Crippen molar-refractivity contribution < 1.29 is 4.79 Å². The van der Waals surface area contributed by atoms with Crippen molar-refractivity contribution in [2.45, 2.75) is 6.92 Å². The number of carbonyl (C=O) groups is 1. The first-order chi connectivity index (χ1) is 12.6. The van der Waals surface area contributed by atoms with Crippen LogP contribution in [0.25, 0.3) is 21.5 Å². The smallest absolute Gasteiger partial charge is 0.275 e. The molecule has 1 amide bonds. The number of aromatic amines is 1. The van der Waals surface area contributed by atoms with Gasteiger partial charge in [-0.05, 0) is 24.6 Å². The van der Waals surface area contributed by atoms with Crippen molar-refractivity contribution >= 4 is 33.8 Å². The molecule has 0 fully saturated rings. The molecule has 0 saturated carbocycles. The molecular formula is C20H15N3O2S. The number of pyridine rings is 1. The number of hydrogen-bond acceptors (Lipinski definition) is 4. The molecule has 0 radical (unpaired) electrons. The Balaban J connectivity index is 1.60. The standard InChI is InChI=1S/C20H15N3O2S/c1-12-9-18(24)22-16-10-14(7-8-15(12)16)21-19(25)17-11-26-20(23-17)13-5-3-2-4-6-13/h2-11H,1H3,(H,21,25)(H,22,24). The zero-order valence-electron chi connectivity index (χ0n) is 13.9. The summed E-state index contributed by atoms with van der Waals surface area (Å²) < 4.78 is 0. The van der Waals surface area contributed by atoms with Crippen LogP contribution in [0.4, 0.5) is 5.69 Å². The molecule has 2 heterocycles. The van der Waals surface area contributed by atoms with Crippen LogP contribution in [-0.2, 0) is 0 Å². The molecule has 0 aliphatic carbocycles. The van der Waals surface area contributed by atoms with E-state index in [-0.39, 0.29) is 11.5 Å². The highest BCUT2D eigenvalue weighted by molar-refractivity contribution is 7.13. The third-order valence-corrected chi connectivity index (χ3v) is 4.96. The van der Waals surface area contributed by atoms with Crippen molar-refractivity contribution in [2.75, 3.05) is 5.32 Å². The van der Waals surface area contributed by atoms with Crippen molar-refractivity contribution in [3.63, 3.8) is 0 Å². The third-order valence-electron chi connectivity index (χ3n) is 4.07. The van der Waals surface area contributed by atoms with E-state index in [1.165, 1.54) is 11.3 Å². The van der Waals surface area contributed by atoms with E-state index in [9.17, 15) is 9.59 Å². The largest absolute Gasteiger partial charge is 0.322 e. The quantitative estimate of drug-likeness (QED) is 0.574. The second kappa shape index (κ2) is 6.57. The fraction of sp³-hybridized carbons (Fsp3) is 0.0500. The third kappa shape index (κ3) is 3.14. The van der Waals surface area contributed by atoms with Gasteiger partial charge in [-0.25, -0.2) is 4.98 Å². The minimum absolute atomic E-state index is 0.162. The van der Waals surface area contributed by atoms with Gasteiger partial charge in [0, 0.05) is 28.1 Å². The fourth-order valence-electron chi connectivity index (χ4n) is 2.80. The maximum absolute atomic E-state index is 12.5. The molecule has 2 N–H and O–H groups in total. The van der Waals surface area contributed by atoms with Gasteiger partial charge in [0.2, 0.25) is 5.56 Å². The molecule has 4 aromatic rings. The monoisotopic (exact) mass is 361 g/mol. The van der Waals surface area contributed by atoms with E-state index >= 15 is 0 Å². The van der Waals surface area contributed by atoms with Gasteiger partial charge in [0.05, 0.1) is 5.52 Å². The number of nitrogens with one attached hydrogen (secondary N) is 2. The van der Waals surface area contributed by atoms with Gasteiger partial charge in [0.1, 0.15) is 10.7 Å². The highest BCUT2D eigenvalue weighted by Gasteiger charge is 2.12. The lowest BCUT2D eigenvalue weighted by atomic mass is 10.1. The Morgan fingerprint density at radius 2 is 1.92 bits per heavy atom. The van der Waals surface area contributed by atoms with Crippen LogP contribution in [0, 0.1) is 6.92 Å². The zero-order chi connectivity index (χ0) is 18.1. The summed E-state index contributed by atoms with van der Waals surface area (Å²) in [7, 11) is 0. The van der Waals surface area contributed by atoms with Gasteiger partial charge in [0.25, 0.3) is 5.91 Å². The Kier molecular flexibility index (Phi) is 4.10. The van der Waals surface area contributed by atoms with Crippen LogP contribution in [0.3, 0.4) is 0 Å². The van der Waals surface area contributed by atoms with Gasteiger partial charge < -0.3 is 10.3 Å². The highest BCUT2D eigenvalue weighted by atomic mass is 32.1. The number of H-pyrrole nitrogens is 1. The fourth-order valence-corrected chi connectivity index (χ4v) is 3.61. The number of amides is 1. The van der Waals surface area contributed by atoms with E-state index < -0.39 is 0 Å². The van der Waals surface area contributed by atoms with Crippen LogP contribution in [0.5, 0.6) is 0 Å². The number of fused-ring (bicyclic) bond motifs is 1. The number of hydrogen-bond donors (Lipinski definition) is 2. The van der Waals surface area contributed by atoms with Crippen LogP contribution >= 0.6 is 11.3 Å². The Morgan fingerprint density at radius 3 is 2.73 bits per heavy atom. The average molecular weight is 361 g/mol. The van der Waals surface area contributed by atoms with Crippen molar-refractivity contribution in [1.82, 2.24) is 9.97 Å². The van der Waals surface area contributed by atoms with Crippen LogP contribution in [0.2, 0.25) is 0 Å². The Labute approximate surface area is 153 Å². The molecule has 0 unspecified atom stereocenters. The molecule has 0 saturated heterocycles. The highest BCUT2D eigenvalue weighted by Crippen LogP contribution is 2.24. The molecule has 2 aromatic carbocycles. The van der Waals surface area contributed by atoms with E-state index in [1.807, 2.05) is 49.4 Å². The van der Waals surface area contributed by atoms with Gasteiger partial charge in [0.15, 0.2) is 0 Å². The predicted molar refractivity (Wildman–Crippen MR) is 105 cm³/mol. The lowest BCUT2D eigenvalue weighted by molar-refractivity contribution is 0.102. The number of nitrogens with zero attached hydrogens (tertiary/aromatic N) is 1. The van der Waals surface area contributed by atoms with Gasteiger partial charge in [-0.2, -0.15) is 0 Å². The van der Waals surface area contributed by atoms with Crippen LogP contribution in [0.15, 0.2) is 64.8 Å². The van der Waals surface area contributed by atoms with Crippen LogP contribution in [-0.4, -0.2) is 15.9 Å². The minimum atomic E-state index is -0.280. The van der Waals surface area contributed by atoms with Gasteiger partial charge in [-0.3, -0.25) is 9.59 Å². The maximum atomic E-state index is 12.5. The maximum Gasteiger partial charge on any atom is 0.275 e. The van der Waals surface area contributed by atoms with E-state index in [0.717, 1.165) is 21.5 Å². The molecule has 6 heteroatoms. The Morgan fingerprint density at radius 1 is 1.12 bits per heavy atom. The lowest BCUT2D eigenvalue weighted by Gasteiger charge is -2.06. The molecule has 0 aliphatic rings. The van der Waals surface area contributed by atoms with Gasteiger partial charge >= 0.3 is 0 Å². The molecule has 5 nitrogen and oxygen atoms in total. The summed E-state index contributed by atoms with van der Waals surface area (Å²) in [6, 6.07) is 16.7. The summed E-state index contributed by atoms with van der Waals surface area (Å²) >= 11 is 1.43. The zero-order valence-corrected chi connectivity index (χ0v) is 14.8. The normalized spacial score (nSPS) is 10.8. The summed E-state index contributed by atoms with van der Waals surface area (Å²) in [5.74, 6) is -0.280. The van der Waals surface area contributed by atoms with E-state index in [2.05, 4.69) is 15.3 Å². The number of benzene rings is 2. The number of thiazole rings is 1. The number of carbonyl (C=O) groups excluding carboxylic acids is 1. The van der Waals surface area contributed by atoms with Crippen molar-refractivity contribution in [2.24, 2.45) is 0 Å². The first-order valence-corrected chi connectivity index (χ1v) is 8.94. The van der Waals surface area contributed by atoms with Gasteiger partial charge in [-0.15, -0.1) is 11.3 Å². The van der Waals surface area contributed by atoms with Crippen molar-refractivity contribution in [3.8, 4) is 10.6 Å². The molecule has 0 spiro atoms. The second-order valence-electron chi connectivity index (χ2n) is 5.94. The van der Waals surface area contributed by atoms with E-state index in [1.54, 1.807) is 17.5 Å². The summed E-state index contributed by atoms with van der Waals surface area (Å²) in [5.41, 5.74) is 3.38. The topological polar surface area (TPSA) is 74.8 Å². The molecule has 4 rings (SSSR count). The minimum Gasteiger partial charge on any atom is -0.322 e. The number of aryl methyl sites for hydroxylation is 1. The first-order valence-electron chi connectivity index (χ1n) is 8.06. The van der Waals surface area contributed by atoms with Crippen molar-refractivity contribution in [1.29, 1.82) is 0 Å². The summed E-state index contributed by atoms with van der Waals surface area (Å²) in [4.78, 5) is 31.3. The number of anilines is 1. The Hall–Kier alpha value is -3.25. The number of aromatic nitrogens is 2. The average Bonchev–Trinajstić information content (AvgIpc) is 3.12. The van der Waals surface area contributed by atoms with Crippen LogP contribution in [0.1, 0.15) is 16.1 Å². The molecule has 128 valence electrons. The molecule has 2 aromatic heterocycles. The lowest BCUT2D eigenvalue weighted by Crippen LogP contribution is -2.12. The molecule has 0 aliphatic heterocycles. The van der Waals surface area contributed by atoms with E-state index in [4.69, 9.17) is 0 Å². The van der Waals surface area contributed by atoms with E-state index in [0.29, 0.717) is 16.9 Å². The molecule has 0 atom stereocenters. The SMILES string of the molecule is Cc1cc(=O)[nH]c2cc(NC(=O)c3csc(-c4ccccc4)n3)ccc12. The summed E-state index contributed by atoms with van der Waals surface area (Å²) in [6.45, 7) is 1.89. The summed E-state index contributed by atoms with van der Waals surface area (Å²) in [5, 5.41) is 6.33.